The molecule has 2 rings (SSSR count). The van der Waals surface area contributed by atoms with Gasteiger partial charge in [0.05, 0.1) is 0 Å². The van der Waals surface area contributed by atoms with E-state index in [4.69, 9.17) is 0 Å². The van der Waals surface area contributed by atoms with Gasteiger partial charge in [-0.15, -0.1) is 0 Å². The summed E-state index contributed by atoms with van der Waals surface area (Å²) in [7, 11) is 4.10. The van der Waals surface area contributed by atoms with Gasteiger partial charge in [-0.2, -0.15) is 0 Å². The van der Waals surface area contributed by atoms with Crippen molar-refractivity contribution in [3.05, 3.63) is 71.3 Å². The molecule has 0 aliphatic heterocycles. The zero-order valence-electron chi connectivity index (χ0n) is 11.7. The Kier molecular flexibility index (Phi) is 4.35. The van der Waals surface area contributed by atoms with Crippen LogP contribution in [0.15, 0.2) is 54.6 Å². The molecule has 0 bridgehead atoms. The summed E-state index contributed by atoms with van der Waals surface area (Å²) in [5, 5.41) is 10.6. The molecule has 0 aliphatic rings. The maximum absolute atomic E-state index is 10.6. The van der Waals surface area contributed by atoms with Crippen LogP contribution in [0.4, 0.5) is 0 Å². The van der Waals surface area contributed by atoms with Gasteiger partial charge in [-0.25, -0.2) is 0 Å². The number of rotatable bonds is 4. The Balaban J connectivity index is 2.40. The van der Waals surface area contributed by atoms with Gasteiger partial charge in [-0.1, -0.05) is 54.6 Å². The van der Waals surface area contributed by atoms with Crippen molar-refractivity contribution < 1.29 is 5.11 Å². The van der Waals surface area contributed by atoms with Crippen molar-refractivity contribution in [3.63, 3.8) is 0 Å². The normalized spacial score (nSPS) is 14.4. The SMILES string of the molecule is C[C@H](c1ccccc1[C@H](O)c1ccccc1)N(C)C. The van der Waals surface area contributed by atoms with Gasteiger partial charge in [-0.05, 0) is 37.7 Å². The molecule has 0 aromatic heterocycles. The standard InChI is InChI=1S/C17H21NO/c1-13(18(2)3)15-11-7-8-12-16(15)17(19)14-9-5-4-6-10-14/h4-13,17,19H,1-3H3/t13-,17-/m1/s1. The third-order valence-corrected chi connectivity index (χ3v) is 3.63. The Morgan fingerprint density at radius 3 is 1.95 bits per heavy atom. The molecule has 2 aromatic rings. The second-order valence-electron chi connectivity index (χ2n) is 5.08. The molecule has 0 unspecified atom stereocenters. The number of benzene rings is 2. The molecule has 0 amide bonds. The van der Waals surface area contributed by atoms with Gasteiger partial charge in [-0.3, -0.25) is 0 Å². The minimum absolute atomic E-state index is 0.273. The average Bonchev–Trinajstić information content (AvgIpc) is 2.46. The zero-order valence-corrected chi connectivity index (χ0v) is 11.7. The predicted octanol–water partition coefficient (Wildman–Crippen LogP) is 3.39. The van der Waals surface area contributed by atoms with E-state index in [0.29, 0.717) is 0 Å². The minimum Gasteiger partial charge on any atom is -0.384 e. The first-order valence-corrected chi connectivity index (χ1v) is 6.59. The molecule has 1 N–H and O–H groups in total. The molecule has 2 heteroatoms. The van der Waals surface area contributed by atoms with Gasteiger partial charge in [0.1, 0.15) is 6.10 Å². The second kappa shape index (κ2) is 6.00. The highest BCUT2D eigenvalue weighted by Gasteiger charge is 2.18. The maximum Gasteiger partial charge on any atom is 0.104 e. The molecule has 0 saturated carbocycles. The van der Waals surface area contributed by atoms with Crippen molar-refractivity contribution in [1.29, 1.82) is 0 Å². The Bertz CT molecular complexity index is 522. The summed E-state index contributed by atoms with van der Waals surface area (Å²) in [5.74, 6) is 0. The third kappa shape index (κ3) is 3.03. The van der Waals surface area contributed by atoms with E-state index < -0.39 is 6.10 Å². The minimum atomic E-state index is -0.570. The molecule has 2 atom stereocenters. The van der Waals surface area contributed by atoms with Crippen molar-refractivity contribution in [1.82, 2.24) is 4.90 Å². The van der Waals surface area contributed by atoms with Crippen LogP contribution in [-0.2, 0) is 0 Å². The van der Waals surface area contributed by atoms with Crippen LogP contribution in [0, 0.1) is 0 Å². The van der Waals surface area contributed by atoms with E-state index in [2.05, 4.69) is 32.0 Å². The second-order valence-corrected chi connectivity index (χ2v) is 5.08. The van der Waals surface area contributed by atoms with E-state index in [1.54, 1.807) is 0 Å². The fourth-order valence-electron chi connectivity index (χ4n) is 2.23. The lowest BCUT2D eigenvalue weighted by Crippen LogP contribution is -2.19. The highest BCUT2D eigenvalue weighted by molar-refractivity contribution is 5.37. The summed E-state index contributed by atoms with van der Waals surface area (Å²) in [6, 6.07) is 18.2. The molecule has 0 saturated heterocycles. The van der Waals surface area contributed by atoms with Crippen LogP contribution in [0.3, 0.4) is 0 Å². The van der Waals surface area contributed by atoms with E-state index in [1.165, 1.54) is 5.56 Å². The Morgan fingerprint density at radius 2 is 1.37 bits per heavy atom. The Morgan fingerprint density at radius 1 is 0.842 bits per heavy atom. The number of hydrogen-bond acceptors (Lipinski definition) is 2. The first-order valence-electron chi connectivity index (χ1n) is 6.59. The monoisotopic (exact) mass is 255 g/mol. The number of hydrogen-bond donors (Lipinski definition) is 1. The van der Waals surface area contributed by atoms with Crippen LogP contribution < -0.4 is 0 Å². The highest BCUT2D eigenvalue weighted by Crippen LogP contribution is 2.30. The summed E-state index contributed by atoms with van der Waals surface area (Å²) in [4.78, 5) is 2.15. The average molecular weight is 255 g/mol. The Hall–Kier alpha value is -1.64. The molecule has 2 nitrogen and oxygen atoms in total. The molecule has 0 heterocycles. The molecule has 0 radical (unpaired) electrons. The summed E-state index contributed by atoms with van der Waals surface area (Å²) < 4.78 is 0. The quantitative estimate of drug-likeness (QED) is 0.905. The largest absolute Gasteiger partial charge is 0.384 e. The maximum atomic E-state index is 10.6. The van der Waals surface area contributed by atoms with Crippen LogP contribution in [0.25, 0.3) is 0 Å². The zero-order chi connectivity index (χ0) is 13.8. The molecule has 0 aliphatic carbocycles. The first kappa shape index (κ1) is 13.8. The fraction of sp³-hybridized carbons (Fsp3) is 0.294. The van der Waals surface area contributed by atoms with Crippen LogP contribution >= 0.6 is 0 Å². The molecular weight excluding hydrogens is 234 g/mol. The van der Waals surface area contributed by atoms with Gasteiger partial charge in [0.2, 0.25) is 0 Å². The lowest BCUT2D eigenvalue weighted by molar-refractivity contribution is 0.215. The van der Waals surface area contributed by atoms with Crippen molar-refractivity contribution in [2.75, 3.05) is 14.1 Å². The first-order chi connectivity index (χ1) is 9.11. The molecule has 100 valence electrons. The summed E-state index contributed by atoms with van der Waals surface area (Å²) in [6.07, 6.45) is -0.570. The number of aliphatic hydroxyl groups is 1. The molecule has 19 heavy (non-hydrogen) atoms. The van der Waals surface area contributed by atoms with E-state index in [0.717, 1.165) is 11.1 Å². The van der Waals surface area contributed by atoms with Gasteiger partial charge in [0.15, 0.2) is 0 Å². The van der Waals surface area contributed by atoms with E-state index in [1.807, 2.05) is 48.5 Å². The van der Waals surface area contributed by atoms with Crippen molar-refractivity contribution in [2.24, 2.45) is 0 Å². The Labute approximate surface area is 115 Å². The fourth-order valence-corrected chi connectivity index (χ4v) is 2.23. The van der Waals surface area contributed by atoms with Gasteiger partial charge in [0, 0.05) is 6.04 Å². The van der Waals surface area contributed by atoms with Gasteiger partial charge >= 0.3 is 0 Å². The van der Waals surface area contributed by atoms with E-state index in [9.17, 15) is 5.11 Å². The topological polar surface area (TPSA) is 23.5 Å². The summed E-state index contributed by atoms with van der Waals surface area (Å²) >= 11 is 0. The number of aliphatic hydroxyl groups excluding tert-OH is 1. The lowest BCUT2D eigenvalue weighted by atomic mass is 9.93. The van der Waals surface area contributed by atoms with Crippen LogP contribution in [0.2, 0.25) is 0 Å². The highest BCUT2D eigenvalue weighted by atomic mass is 16.3. The van der Waals surface area contributed by atoms with E-state index >= 15 is 0 Å². The predicted molar refractivity (Wildman–Crippen MR) is 79.0 cm³/mol. The molecular formula is C17H21NO. The van der Waals surface area contributed by atoms with Gasteiger partial charge in [0.25, 0.3) is 0 Å². The van der Waals surface area contributed by atoms with Crippen molar-refractivity contribution in [2.45, 2.75) is 19.1 Å². The van der Waals surface area contributed by atoms with Crippen LogP contribution in [-0.4, -0.2) is 24.1 Å². The van der Waals surface area contributed by atoms with Gasteiger partial charge < -0.3 is 10.0 Å². The van der Waals surface area contributed by atoms with Crippen LogP contribution in [0.5, 0.6) is 0 Å². The molecule has 0 fully saturated rings. The lowest BCUT2D eigenvalue weighted by Gasteiger charge is -2.25. The number of nitrogens with zero attached hydrogens (tertiary/aromatic N) is 1. The van der Waals surface area contributed by atoms with E-state index in [-0.39, 0.29) is 6.04 Å². The molecule has 2 aromatic carbocycles. The third-order valence-electron chi connectivity index (χ3n) is 3.63. The van der Waals surface area contributed by atoms with Crippen molar-refractivity contribution in [3.8, 4) is 0 Å². The smallest absolute Gasteiger partial charge is 0.104 e. The summed E-state index contributed by atoms with van der Waals surface area (Å²) in [6.45, 7) is 2.15. The van der Waals surface area contributed by atoms with Crippen molar-refractivity contribution >= 4 is 0 Å². The molecule has 0 spiro atoms. The summed E-state index contributed by atoms with van der Waals surface area (Å²) in [5.41, 5.74) is 3.08. The van der Waals surface area contributed by atoms with Crippen LogP contribution in [0.1, 0.15) is 35.8 Å².